The molecular weight excluding hydrogens is 170 g/mol. The van der Waals surface area contributed by atoms with E-state index in [-0.39, 0.29) is 0 Å². The van der Waals surface area contributed by atoms with Gasteiger partial charge >= 0.3 is 0 Å². The molecule has 0 radical (unpaired) electrons. The second-order valence-corrected chi connectivity index (χ2v) is 3.09. The van der Waals surface area contributed by atoms with E-state index in [4.69, 9.17) is 14.6 Å². The zero-order valence-corrected chi connectivity index (χ0v) is 8.62. The van der Waals surface area contributed by atoms with Gasteiger partial charge in [0.25, 0.3) is 5.97 Å². The van der Waals surface area contributed by atoms with Crippen molar-refractivity contribution in [1.82, 2.24) is 4.90 Å². The van der Waals surface area contributed by atoms with E-state index >= 15 is 0 Å². The van der Waals surface area contributed by atoms with Crippen molar-refractivity contribution in [2.24, 2.45) is 0 Å². The van der Waals surface area contributed by atoms with Crippen molar-refractivity contribution in [1.29, 1.82) is 0 Å². The number of carbonyl (C=O) groups is 1. The molecule has 1 heterocycles. The first-order valence-electron chi connectivity index (χ1n) is 4.59. The third-order valence-electron chi connectivity index (χ3n) is 1.77. The van der Waals surface area contributed by atoms with E-state index < -0.39 is 5.97 Å². The standard InChI is InChI=1S/C7H15NO.C2H4O2/c1-3-8-4-5-9-7(2)6-8;1-2(3)4/h7H,3-6H2,1-2H3;1H3,(H,3,4). The zero-order chi connectivity index (χ0) is 10.3. The van der Waals surface area contributed by atoms with Crippen molar-refractivity contribution in [3.8, 4) is 0 Å². The minimum absolute atomic E-state index is 0.443. The highest BCUT2D eigenvalue weighted by Crippen LogP contribution is 2.02. The van der Waals surface area contributed by atoms with Gasteiger partial charge in [-0.15, -0.1) is 0 Å². The number of carboxylic acids is 1. The predicted octanol–water partition coefficient (Wildman–Crippen LogP) is 0.818. The Kier molecular flexibility index (Phi) is 6.54. The maximum atomic E-state index is 9.00. The van der Waals surface area contributed by atoms with Crippen LogP contribution in [0, 0.1) is 0 Å². The van der Waals surface area contributed by atoms with E-state index in [2.05, 4.69) is 18.7 Å². The SMILES string of the molecule is CC(=O)O.CCN1CCOC(C)C1. The Balaban J connectivity index is 0.000000310. The van der Waals surface area contributed by atoms with Gasteiger partial charge in [0.1, 0.15) is 0 Å². The van der Waals surface area contributed by atoms with Crippen LogP contribution in [-0.2, 0) is 9.53 Å². The number of likely N-dealkylation sites (N-methyl/N-ethyl adjacent to an activating group) is 1. The van der Waals surface area contributed by atoms with Crippen molar-refractivity contribution >= 4 is 5.97 Å². The first-order valence-corrected chi connectivity index (χ1v) is 4.59. The lowest BCUT2D eigenvalue weighted by atomic mass is 10.3. The van der Waals surface area contributed by atoms with E-state index in [0.717, 1.165) is 33.2 Å². The number of carboxylic acid groups (broad SMARTS) is 1. The monoisotopic (exact) mass is 189 g/mol. The van der Waals surface area contributed by atoms with Crippen LogP contribution in [0.2, 0.25) is 0 Å². The van der Waals surface area contributed by atoms with E-state index in [1.807, 2.05) is 0 Å². The molecule has 0 aromatic carbocycles. The summed E-state index contributed by atoms with van der Waals surface area (Å²) in [6.07, 6.45) is 0.443. The summed E-state index contributed by atoms with van der Waals surface area (Å²) in [4.78, 5) is 11.4. The molecule has 1 unspecified atom stereocenters. The normalized spacial score (nSPS) is 23.2. The highest BCUT2D eigenvalue weighted by atomic mass is 16.5. The van der Waals surface area contributed by atoms with Crippen LogP contribution in [-0.4, -0.2) is 48.3 Å². The largest absolute Gasteiger partial charge is 0.481 e. The Bertz CT molecular complexity index is 146. The summed E-state index contributed by atoms with van der Waals surface area (Å²) in [5.74, 6) is -0.833. The molecule has 1 fully saturated rings. The molecule has 1 rings (SSSR count). The lowest BCUT2D eigenvalue weighted by Gasteiger charge is -2.29. The summed E-state index contributed by atoms with van der Waals surface area (Å²) < 4.78 is 5.37. The van der Waals surface area contributed by atoms with Crippen molar-refractivity contribution in [3.05, 3.63) is 0 Å². The number of rotatable bonds is 1. The smallest absolute Gasteiger partial charge is 0.300 e. The number of morpholine rings is 1. The molecule has 0 bridgehead atoms. The van der Waals surface area contributed by atoms with Crippen molar-refractivity contribution in [2.75, 3.05) is 26.2 Å². The predicted molar refractivity (Wildman–Crippen MR) is 50.8 cm³/mol. The molecular formula is C9H19NO3. The van der Waals surface area contributed by atoms with Gasteiger partial charge in [0.2, 0.25) is 0 Å². The fourth-order valence-electron chi connectivity index (χ4n) is 1.18. The Morgan fingerprint density at radius 1 is 1.69 bits per heavy atom. The number of ether oxygens (including phenoxy) is 1. The van der Waals surface area contributed by atoms with Gasteiger partial charge in [0, 0.05) is 20.0 Å². The highest BCUT2D eigenvalue weighted by molar-refractivity contribution is 5.62. The van der Waals surface area contributed by atoms with Gasteiger partial charge in [-0.3, -0.25) is 9.69 Å². The van der Waals surface area contributed by atoms with Gasteiger partial charge in [-0.1, -0.05) is 6.92 Å². The average Bonchev–Trinajstić information content (AvgIpc) is 2.03. The molecule has 1 N–H and O–H groups in total. The molecule has 1 saturated heterocycles. The summed E-state index contributed by atoms with van der Waals surface area (Å²) in [7, 11) is 0. The van der Waals surface area contributed by atoms with Crippen LogP contribution in [0.25, 0.3) is 0 Å². The van der Waals surface area contributed by atoms with Crippen molar-refractivity contribution in [3.63, 3.8) is 0 Å². The number of aliphatic carboxylic acids is 1. The first kappa shape index (κ1) is 12.4. The van der Waals surface area contributed by atoms with E-state index in [9.17, 15) is 0 Å². The van der Waals surface area contributed by atoms with E-state index in [1.54, 1.807) is 0 Å². The van der Waals surface area contributed by atoms with Gasteiger partial charge in [0.05, 0.1) is 12.7 Å². The molecule has 13 heavy (non-hydrogen) atoms. The molecule has 0 aromatic heterocycles. The maximum absolute atomic E-state index is 9.00. The summed E-state index contributed by atoms with van der Waals surface area (Å²) in [5, 5.41) is 7.42. The van der Waals surface area contributed by atoms with Crippen LogP contribution in [0.15, 0.2) is 0 Å². The molecule has 0 saturated carbocycles. The summed E-state index contributed by atoms with van der Waals surface area (Å²) in [5.41, 5.74) is 0. The molecule has 4 nitrogen and oxygen atoms in total. The van der Waals surface area contributed by atoms with Gasteiger partial charge in [-0.05, 0) is 13.5 Å². The van der Waals surface area contributed by atoms with Gasteiger partial charge in [0.15, 0.2) is 0 Å². The molecule has 1 aliphatic heterocycles. The lowest BCUT2D eigenvalue weighted by molar-refractivity contribution is -0.134. The molecule has 0 aliphatic carbocycles. The summed E-state index contributed by atoms with van der Waals surface area (Å²) in [6.45, 7) is 9.69. The third-order valence-corrected chi connectivity index (χ3v) is 1.77. The lowest BCUT2D eigenvalue weighted by Crippen LogP contribution is -2.40. The second kappa shape index (κ2) is 6.86. The van der Waals surface area contributed by atoms with Crippen LogP contribution in [0.3, 0.4) is 0 Å². The third kappa shape index (κ3) is 7.74. The molecule has 1 aliphatic rings. The Labute approximate surface area is 79.5 Å². The van der Waals surface area contributed by atoms with Crippen LogP contribution < -0.4 is 0 Å². The van der Waals surface area contributed by atoms with E-state index in [1.165, 1.54) is 0 Å². The molecule has 1 atom stereocenters. The maximum Gasteiger partial charge on any atom is 0.300 e. The fraction of sp³-hybridized carbons (Fsp3) is 0.889. The quantitative estimate of drug-likeness (QED) is 0.663. The van der Waals surface area contributed by atoms with Gasteiger partial charge < -0.3 is 9.84 Å². The number of nitrogens with zero attached hydrogens (tertiary/aromatic N) is 1. The minimum atomic E-state index is -0.833. The highest BCUT2D eigenvalue weighted by Gasteiger charge is 2.13. The summed E-state index contributed by atoms with van der Waals surface area (Å²) >= 11 is 0. The van der Waals surface area contributed by atoms with Crippen molar-refractivity contribution < 1.29 is 14.6 Å². The van der Waals surface area contributed by atoms with Crippen LogP contribution in [0.4, 0.5) is 0 Å². The molecule has 0 amide bonds. The molecule has 78 valence electrons. The minimum Gasteiger partial charge on any atom is -0.481 e. The second-order valence-electron chi connectivity index (χ2n) is 3.09. The van der Waals surface area contributed by atoms with Gasteiger partial charge in [-0.2, -0.15) is 0 Å². The molecule has 0 spiro atoms. The fourth-order valence-corrected chi connectivity index (χ4v) is 1.18. The van der Waals surface area contributed by atoms with Crippen LogP contribution in [0.1, 0.15) is 20.8 Å². The number of hydrogen-bond acceptors (Lipinski definition) is 3. The Morgan fingerprint density at radius 3 is 2.54 bits per heavy atom. The summed E-state index contributed by atoms with van der Waals surface area (Å²) in [6, 6.07) is 0. The number of hydrogen-bond donors (Lipinski definition) is 1. The Morgan fingerprint density at radius 2 is 2.23 bits per heavy atom. The first-order chi connectivity index (χ1) is 6.06. The van der Waals surface area contributed by atoms with Crippen molar-refractivity contribution in [2.45, 2.75) is 26.9 Å². The molecule has 4 heteroatoms. The topological polar surface area (TPSA) is 49.8 Å². The molecule has 0 aromatic rings. The van der Waals surface area contributed by atoms with Gasteiger partial charge in [-0.25, -0.2) is 0 Å². The van der Waals surface area contributed by atoms with Crippen LogP contribution in [0.5, 0.6) is 0 Å². The van der Waals surface area contributed by atoms with E-state index in [0.29, 0.717) is 6.10 Å². The Hall–Kier alpha value is -0.610. The zero-order valence-electron chi connectivity index (χ0n) is 8.62. The van der Waals surface area contributed by atoms with Crippen LogP contribution >= 0.6 is 0 Å². The average molecular weight is 189 g/mol.